The number of hydrogen-bond acceptors (Lipinski definition) is 2. The van der Waals surface area contributed by atoms with E-state index in [1.165, 1.54) is 0 Å². The third-order valence-corrected chi connectivity index (χ3v) is 3.47. The molecule has 0 aliphatic heterocycles. The summed E-state index contributed by atoms with van der Waals surface area (Å²) < 4.78 is 0. The molecule has 3 nitrogen and oxygen atoms in total. The van der Waals surface area contributed by atoms with Crippen molar-refractivity contribution in [2.75, 3.05) is 0 Å². The second-order valence-electron chi connectivity index (χ2n) is 4.55. The van der Waals surface area contributed by atoms with Crippen molar-refractivity contribution in [3.63, 3.8) is 0 Å². The molecule has 1 atom stereocenters. The van der Waals surface area contributed by atoms with Gasteiger partial charge < -0.3 is 4.98 Å². The van der Waals surface area contributed by atoms with Gasteiger partial charge >= 0.3 is 0 Å². The van der Waals surface area contributed by atoms with E-state index in [9.17, 15) is 9.59 Å². The number of para-hydroxylation sites is 1. The van der Waals surface area contributed by atoms with Crippen LogP contribution in [0.5, 0.6) is 0 Å². The summed E-state index contributed by atoms with van der Waals surface area (Å²) in [4.78, 5) is 26.6. The predicted octanol–water partition coefficient (Wildman–Crippen LogP) is 2.57. The molecule has 86 valence electrons. The van der Waals surface area contributed by atoms with Crippen molar-refractivity contribution < 1.29 is 9.59 Å². The van der Waals surface area contributed by atoms with Gasteiger partial charge in [-0.2, -0.15) is 0 Å². The number of aromatic amines is 1. The highest BCUT2D eigenvalue weighted by Gasteiger charge is 2.29. The summed E-state index contributed by atoms with van der Waals surface area (Å²) in [6.07, 6.45) is 3.03. The number of aromatic nitrogens is 1. The van der Waals surface area contributed by atoms with Crippen molar-refractivity contribution in [1.29, 1.82) is 0 Å². The molecule has 3 rings (SSSR count). The fourth-order valence-electron chi connectivity index (χ4n) is 2.55. The highest BCUT2D eigenvalue weighted by molar-refractivity contribution is 6.00. The zero-order valence-corrected chi connectivity index (χ0v) is 9.40. The fourth-order valence-corrected chi connectivity index (χ4v) is 2.55. The van der Waals surface area contributed by atoms with Gasteiger partial charge in [-0.05, 0) is 11.6 Å². The second-order valence-corrected chi connectivity index (χ2v) is 4.55. The first-order valence-electron chi connectivity index (χ1n) is 5.86. The average molecular weight is 227 g/mol. The van der Waals surface area contributed by atoms with Gasteiger partial charge in [0.1, 0.15) is 11.6 Å². The number of H-pyrrole nitrogens is 1. The standard InChI is InChI=1S/C14H13NO2/c16-9-5-6-14(17)11(7-9)12-8-15-13-4-2-1-3-10(12)13/h1-4,8,11,15H,5-7H2. The number of benzene rings is 1. The van der Waals surface area contributed by atoms with E-state index in [1.54, 1.807) is 0 Å². The van der Waals surface area contributed by atoms with Crippen LogP contribution in [0.3, 0.4) is 0 Å². The molecule has 1 heterocycles. The highest BCUT2D eigenvalue weighted by atomic mass is 16.1. The maximum Gasteiger partial charge on any atom is 0.141 e. The van der Waals surface area contributed by atoms with Crippen LogP contribution >= 0.6 is 0 Å². The van der Waals surface area contributed by atoms with E-state index >= 15 is 0 Å². The SMILES string of the molecule is O=C1CCC(=O)C(c2c[nH]c3ccccc23)C1. The van der Waals surface area contributed by atoms with Gasteiger partial charge in [-0.15, -0.1) is 0 Å². The van der Waals surface area contributed by atoms with Gasteiger partial charge in [0, 0.05) is 36.4 Å². The van der Waals surface area contributed by atoms with Crippen LogP contribution in [0, 0.1) is 0 Å². The summed E-state index contributed by atoms with van der Waals surface area (Å²) in [7, 11) is 0. The number of rotatable bonds is 1. The normalized spacial score (nSPS) is 21.1. The Bertz CT molecular complexity index is 597. The molecule has 1 N–H and O–H groups in total. The van der Waals surface area contributed by atoms with Crippen LogP contribution in [0.2, 0.25) is 0 Å². The minimum Gasteiger partial charge on any atom is -0.361 e. The first kappa shape index (κ1) is 10.3. The lowest BCUT2D eigenvalue weighted by Gasteiger charge is -2.19. The number of carbonyl (C=O) groups excluding carboxylic acids is 2. The van der Waals surface area contributed by atoms with E-state index in [0.717, 1.165) is 16.5 Å². The van der Waals surface area contributed by atoms with Gasteiger partial charge in [-0.3, -0.25) is 9.59 Å². The zero-order chi connectivity index (χ0) is 11.8. The van der Waals surface area contributed by atoms with Crippen molar-refractivity contribution in [3.8, 4) is 0 Å². The summed E-state index contributed by atoms with van der Waals surface area (Å²) in [6.45, 7) is 0. The van der Waals surface area contributed by atoms with Crippen LogP contribution in [0.15, 0.2) is 30.5 Å². The molecule has 0 radical (unpaired) electrons. The van der Waals surface area contributed by atoms with E-state index < -0.39 is 0 Å². The minimum absolute atomic E-state index is 0.189. The Morgan fingerprint density at radius 3 is 2.82 bits per heavy atom. The fraction of sp³-hybridized carbons (Fsp3) is 0.286. The third-order valence-electron chi connectivity index (χ3n) is 3.47. The predicted molar refractivity (Wildman–Crippen MR) is 64.9 cm³/mol. The largest absolute Gasteiger partial charge is 0.361 e. The summed E-state index contributed by atoms with van der Waals surface area (Å²) >= 11 is 0. The summed E-state index contributed by atoms with van der Waals surface area (Å²) in [5.41, 5.74) is 1.99. The van der Waals surface area contributed by atoms with Gasteiger partial charge in [-0.1, -0.05) is 18.2 Å². The smallest absolute Gasteiger partial charge is 0.141 e. The number of fused-ring (bicyclic) bond motifs is 1. The van der Waals surface area contributed by atoms with Crippen LogP contribution in [0.4, 0.5) is 0 Å². The van der Waals surface area contributed by atoms with E-state index in [0.29, 0.717) is 19.3 Å². The van der Waals surface area contributed by atoms with Crippen molar-refractivity contribution >= 4 is 22.5 Å². The molecule has 1 aliphatic carbocycles. The molecule has 3 heteroatoms. The Morgan fingerprint density at radius 1 is 1.12 bits per heavy atom. The molecule has 0 spiro atoms. The molecule has 1 saturated carbocycles. The molecule has 0 bridgehead atoms. The molecule has 0 saturated heterocycles. The Morgan fingerprint density at radius 2 is 1.94 bits per heavy atom. The van der Waals surface area contributed by atoms with E-state index in [4.69, 9.17) is 0 Å². The molecule has 1 aromatic carbocycles. The molecule has 2 aromatic rings. The van der Waals surface area contributed by atoms with Gasteiger partial charge in [-0.25, -0.2) is 0 Å². The van der Waals surface area contributed by atoms with Crippen molar-refractivity contribution in [2.24, 2.45) is 0 Å². The van der Waals surface area contributed by atoms with Crippen LogP contribution in [-0.2, 0) is 9.59 Å². The lowest BCUT2D eigenvalue weighted by atomic mass is 9.82. The summed E-state index contributed by atoms with van der Waals surface area (Å²) in [5, 5.41) is 1.06. The zero-order valence-electron chi connectivity index (χ0n) is 9.40. The van der Waals surface area contributed by atoms with Crippen LogP contribution < -0.4 is 0 Å². The van der Waals surface area contributed by atoms with Crippen LogP contribution in [0.1, 0.15) is 30.7 Å². The maximum atomic E-state index is 11.9. The van der Waals surface area contributed by atoms with Gasteiger partial charge in [0.25, 0.3) is 0 Å². The first-order valence-corrected chi connectivity index (χ1v) is 5.86. The van der Waals surface area contributed by atoms with Crippen molar-refractivity contribution in [3.05, 3.63) is 36.0 Å². The van der Waals surface area contributed by atoms with Crippen LogP contribution in [0.25, 0.3) is 10.9 Å². The van der Waals surface area contributed by atoms with E-state index in [1.807, 2.05) is 30.5 Å². The lowest BCUT2D eigenvalue weighted by Crippen LogP contribution is -2.22. The van der Waals surface area contributed by atoms with Gasteiger partial charge in [0.2, 0.25) is 0 Å². The monoisotopic (exact) mass is 227 g/mol. The number of Topliss-reactive ketones (excluding diaryl/α,β-unsaturated/α-hetero) is 2. The molecular formula is C14H13NO2. The Labute approximate surface area is 98.8 Å². The van der Waals surface area contributed by atoms with Gasteiger partial charge in [0.15, 0.2) is 0 Å². The molecule has 1 aliphatic rings. The lowest BCUT2D eigenvalue weighted by molar-refractivity contribution is -0.130. The maximum absolute atomic E-state index is 11.9. The Balaban J connectivity index is 2.08. The van der Waals surface area contributed by atoms with Crippen molar-refractivity contribution in [2.45, 2.75) is 25.2 Å². The molecule has 1 aromatic heterocycles. The van der Waals surface area contributed by atoms with Crippen molar-refractivity contribution in [1.82, 2.24) is 4.98 Å². The molecule has 0 amide bonds. The van der Waals surface area contributed by atoms with Gasteiger partial charge in [0.05, 0.1) is 5.92 Å². The Hall–Kier alpha value is -1.90. The highest BCUT2D eigenvalue weighted by Crippen LogP contribution is 2.32. The topological polar surface area (TPSA) is 49.9 Å². The number of nitrogens with one attached hydrogen (secondary N) is 1. The minimum atomic E-state index is -0.243. The number of hydrogen-bond donors (Lipinski definition) is 1. The molecular weight excluding hydrogens is 214 g/mol. The summed E-state index contributed by atoms with van der Waals surface area (Å²) in [6, 6.07) is 7.88. The first-order chi connectivity index (χ1) is 8.25. The number of ketones is 2. The van der Waals surface area contributed by atoms with E-state index in [-0.39, 0.29) is 17.5 Å². The van der Waals surface area contributed by atoms with Crippen LogP contribution in [-0.4, -0.2) is 16.6 Å². The molecule has 1 fully saturated rings. The van der Waals surface area contributed by atoms with E-state index in [2.05, 4.69) is 4.98 Å². The number of carbonyl (C=O) groups is 2. The second kappa shape index (κ2) is 3.84. The molecule has 17 heavy (non-hydrogen) atoms. The quantitative estimate of drug-likeness (QED) is 0.814. The average Bonchev–Trinajstić information content (AvgIpc) is 2.76. The molecule has 1 unspecified atom stereocenters. The summed E-state index contributed by atoms with van der Waals surface area (Å²) in [5.74, 6) is 0.140. The third kappa shape index (κ3) is 1.68. The Kier molecular flexibility index (Phi) is 2.32.